The summed E-state index contributed by atoms with van der Waals surface area (Å²) in [5.41, 5.74) is 7.13. The summed E-state index contributed by atoms with van der Waals surface area (Å²) >= 11 is 0. The molecular formula is C20H10N2O2. The Balaban J connectivity index is 1.84. The third-order valence-corrected chi connectivity index (χ3v) is 4.13. The zero-order valence-corrected chi connectivity index (χ0v) is 12.5. The molecule has 0 saturated carbocycles. The zero-order chi connectivity index (χ0) is 15.9. The molecule has 5 aromatic rings. The van der Waals surface area contributed by atoms with Crippen molar-refractivity contribution in [2.75, 3.05) is 0 Å². The fourth-order valence-corrected chi connectivity index (χ4v) is 3.06. The van der Waals surface area contributed by atoms with Crippen LogP contribution in [0.25, 0.3) is 44.5 Å². The highest BCUT2D eigenvalue weighted by Crippen LogP contribution is 2.37. The summed E-state index contributed by atoms with van der Waals surface area (Å²) in [5.74, 6) is 0. The van der Waals surface area contributed by atoms with Crippen LogP contribution in [0.3, 0.4) is 0 Å². The van der Waals surface area contributed by atoms with Crippen molar-refractivity contribution >= 4 is 22.2 Å². The maximum Gasteiger partial charge on any atom is 0.284 e. The molecule has 2 heterocycles. The van der Waals surface area contributed by atoms with Crippen LogP contribution in [0.2, 0.25) is 0 Å². The molecule has 0 aliphatic rings. The van der Waals surface area contributed by atoms with Crippen LogP contribution in [-0.4, -0.2) is 9.97 Å². The van der Waals surface area contributed by atoms with Crippen LogP contribution in [0, 0.1) is 12.8 Å². The molecule has 0 amide bonds. The third-order valence-electron chi connectivity index (χ3n) is 4.13. The van der Waals surface area contributed by atoms with E-state index in [4.69, 9.17) is 8.83 Å². The van der Waals surface area contributed by atoms with Crippen molar-refractivity contribution in [1.29, 1.82) is 0 Å². The highest BCUT2D eigenvalue weighted by atomic mass is 16.3. The van der Waals surface area contributed by atoms with E-state index in [-0.39, 0.29) is 0 Å². The zero-order valence-electron chi connectivity index (χ0n) is 12.5. The van der Waals surface area contributed by atoms with E-state index in [1.807, 2.05) is 48.5 Å². The number of para-hydroxylation sites is 2. The number of rotatable bonds is 2. The Morgan fingerprint density at radius 1 is 0.542 bits per heavy atom. The number of hydrogen-bond donors (Lipinski definition) is 0. The molecule has 24 heavy (non-hydrogen) atoms. The van der Waals surface area contributed by atoms with Crippen molar-refractivity contribution < 1.29 is 8.83 Å². The molecule has 0 unspecified atom stereocenters. The Morgan fingerprint density at radius 2 is 1.00 bits per heavy atom. The number of benzene rings is 3. The molecule has 0 spiro atoms. The average molecular weight is 310 g/mol. The Morgan fingerprint density at radius 3 is 1.50 bits per heavy atom. The van der Waals surface area contributed by atoms with E-state index < -0.39 is 0 Å². The first-order chi connectivity index (χ1) is 11.9. The minimum absolute atomic E-state index is 0.718. The van der Waals surface area contributed by atoms with Crippen LogP contribution in [-0.2, 0) is 0 Å². The van der Waals surface area contributed by atoms with Gasteiger partial charge in [-0.15, -0.1) is 0 Å². The van der Waals surface area contributed by atoms with Gasteiger partial charge in [-0.05, 0) is 23.3 Å². The lowest BCUT2D eigenvalue weighted by molar-refractivity contribution is 0.591. The maximum absolute atomic E-state index is 5.32. The summed E-state index contributed by atoms with van der Waals surface area (Å²) in [5, 5.41) is 0. The number of aromatic nitrogens is 2. The summed E-state index contributed by atoms with van der Waals surface area (Å²) in [6.45, 7) is 0. The van der Waals surface area contributed by atoms with Crippen LogP contribution < -0.4 is 0 Å². The van der Waals surface area contributed by atoms with E-state index >= 15 is 0 Å². The van der Waals surface area contributed by atoms with E-state index in [9.17, 15) is 0 Å². The standard InChI is InChI=1S/C20H10N2O2/c1-2-6-14(16-8-4-10-18-20(16)22-12-24-18)13(5-1)15-7-3-9-17-19(15)21-11-23-17/h1-10H. The second kappa shape index (κ2) is 5.06. The summed E-state index contributed by atoms with van der Waals surface area (Å²) in [7, 11) is 0. The van der Waals surface area contributed by atoms with Crippen molar-refractivity contribution in [3.05, 3.63) is 73.5 Å². The molecule has 4 nitrogen and oxygen atoms in total. The molecule has 4 heteroatoms. The van der Waals surface area contributed by atoms with Gasteiger partial charge in [0.1, 0.15) is 11.0 Å². The molecule has 0 aliphatic heterocycles. The fourth-order valence-electron chi connectivity index (χ4n) is 3.06. The van der Waals surface area contributed by atoms with Gasteiger partial charge in [0.05, 0.1) is 0 Å². The van der Waals surface area contributed by atoms with Gasteiger partial charge < -0.3 is 8.83 Å². The molecule has 0 N–H and O–H groups in total. The molecule has 2 aromatic heterocycles. The molecule has 112 valence electrons. The van der Waals surface area contributed by atoms with E-state index in [1.54, 1.807) is 0 Å². The summed E-state index contributed by atoms with van der Waals surface area (Å²) < 4.78 is 10.6. The van der Waals surface area contributed by atoms with Gasteiger partial charge in [-0.1, -0.05) is 48.5 Å². The highest BCUT2D eigenvalue weighted by molar-refractivity contribution is 6.00. The fraction of sp³-hybridized carbons (Fsp3) is 0. The first-order valence-corrected chi connectivity index (χ1v) is 7.53. The van der Waals surface area contributed by atoms with Crippen LogP contribution in [0.5, 0.6) is 0 Å². The molecule has 0 bridgehead atoms. The molecule has 0 atom stereocenters. The largest absolute Gasteiger partial charge is 0.432 e. The van der Waals surface area contributed by atoms with Crippen LogP contribution >= 0.6 is 0 Å². The highest BCUT2D eigenvalue weighted by Gasteiger charge is 2.15. The van der Waals surface area contributed by atoms with Crippen LogP contribution in [0.4, 0.5) is 0 Å². The predicted molar refractivity (Wildman–Crippen MR) is 90.1 cm³/mol. The second-order valence-corrected chi connectivity index (χ2v) is 5.46. The van der Waals surface area contributed by atoms with Crippen LogP contribution in [0.1, 0.15) is 0 Å². The minimum Gasteiger partial charge on any atom is -0.432 e. The molecular weight excluding hydrogens is 300 g/mol. The molecule has 0 saturated heterocycles. The maximum atomic E-state index is 5.32. The lowest BCUT2D eigenvalue weighted by Crippen LogP contribution is -1.87. The van der Waals surface area contributed by atoms with Gasteiger partial charge in [-0.3, -0.25) is 0 Å². The summed E-state index contributed by atoms with van der Waals surface area (Å²) in [4.78, 5) is 8.50. The van der Waals surface area contributed by atoms with Crippen molar-refractivity contribution in [3.63, 3.8) is 0 Å². The second-order valence-electron chi connectivity index (χ2n) is 5.46. The van der Waals surface area contributed by atoms with Gasteiger partial charge in [0.25, 0.3) is 12.8 Å². The lowest BCUT2D eigenvalue weighted by atomic mass is 9.93. The summed E-state index contributed by atoms with van der Waals surface area (Å²) in [6, 6.07) is 19.9. The van der Waals surface area contributed by atoms with Crippen molar-refractivity contribution in [2.45, 2.75) is 0 Å². The van der Waals surface area contributed by atoms with E-state index in [0.717, 1.165) is 44.5 Å². The smallest absolute Gasteiger partial charge is 0.284 e. The summed E-state index contributed by atoms with van der Waals surface area (Å²) in [6.07, 6.45) is 5.15. The quantitative estimate of drug-likeness (QED) is 0.465. The SMILES string of the molecule is [c]1nc2c(-c3ccccc3-c3cccc4o[c]nc34)cccc2o1. The first kappa shape index (κ1) is 13.1. The van der Waals surface area contributed by atoms with Gasteiger partial charge in [-0.2, -0.15) is 0 Å². The van der Waals surface area contributed by atoms with Gasteiger partial charge in [0.15, 0.2) is 11.2 Å². The van der Waals surface area contributed by atoms with Gasteiger partial charge in [0, 0.05) is 11.1 Å². The Bertz CT molecular complexity index is 1080. The Kier molecular flexibility index (Phi) is 2.76. The Labute approximate surface area is 137 Å². The molecule has 2 radical (unpaired) electrons. The van der Waals surface area contributed by atoms with Crippen LogP contribution in [0.15, 0.2) is 69.5 Å². The predicted octanol–water partition coefficient (Wildman–Crippen LogP) is 4.90. The minimum atomic E-state index is 0.718. The van der Waals surface area contributed by atoms with Gasteiger partial charge in [-0.25, -0.2) is 9.97 Å². The number of hydrogen-bond acceptors (Lipinski definition) is 4. The lowest BCUT2D eigenvalue weighted by Gasteiger charge is -2.10. The van der Waals surface area contributed by atoms with Crippen molar-refractivity contribution in [1.82, 2.24) is 9.97 Å². The van der Waals surface area contributed by atoms with E-state index in [2.05, 4.69) is 34.9 Å². The molecule has 0 fully saturated rings. The van der Waals surface area contributed by atoms with Gasteiger partial charge in [0.2, 0.25) is 0 Å². The van der Waals surface area contributed by atoms with E-state index in [1.165, 1.54) is 0 Å². The average Bonchev–Trinajstić information content (AvgIpc) is 3.30. The molecule has 5 rings (SSSR count). The monoisotopic (exact) mass is 310 g/mol. The topological polar surface area (TPSA) is 52.1 Å². The first-order valence-electron chi connectivity index (χ1n) is 7.53. The van der Waals surface area contributed by atoms with Crippen molar-refractivity contribution in [2.24, 2.45) is 0 Å². The number of fused-ring (bicyclic) bond motifs is 2. The Hall–Kier alpha value is -3.40. The number of nitrogens with zero attached hydrogens (tertiary/aromatic N) is 2. The molecule has 3 aromatic carbocycles. The van der Waals surface area contributed by atoms with Crippen molar-refractivity contribution in [3.8, 4) is 22.3 Å². The van der Waals surface area contributed by atoms with Gasteiger partial charge >= 0.3 is 0 Å². The third kappa shape index (κ3) is 1.86. The number of oxazole rings is 2. The van der Waals surface area contributed by atoms with E-state index in [0.29, 0.717) is 0 Å². The molecule has 0 aliphatic carbocycles. The normalized spacial score (nSPS) is 11.3.